The van der Waals surface area contributed by atoms with Crippen molar-refractivity contribution in [3.05, 3.63) is 29.8 Å². The Morgan fingerprint density at radius 2 is 1.82 bits per heavy atom. The molecule has 90 valence electrons. The van der Waals surface area contributed by atoms with Crippen molar-refractivity contribution in [2.24, 2.45) is 10.8 Å². The van der Waals surface area contributed by atoms with E-state index in [9.17, 15) is 4.79 Å². The lowest BCUT2D eigenvalue weighted by Gasteiger charge is -2.20. The van der Waals surface area contributed by atoms with E-state index in [2.05, 4.69) is 25.9 Å². The highest BCUT2D eigenvalue weighted by Gasteiger charge is 2.23. The second-order valence-electron chi connectivity index (χ2n) is 5.27. The first-order valence-electron chi connectivity index (χ1n) is 5.64. The maximum absolute atomic E-state index is 11.6. The molecule has 0 radical (unpaired) electrons. The van der Waals surface area contributed by atoms with E-state index in [1.165, 1.54) is 10.6 Å². The third-order valence-electron chi connectivity index (χ3n) is 2.77. The minimum absolute atomic E-state index is 0.0778. The van der Waals surface area contributed by atoms with E-state index in [1.54, 1.807) is 0 Å². The topological polar surface area (TPSA) is 58.7 Å². The number of anilines is 1. The molecule has 0 saturated heterocycles. The monoisotopic (exact) mass is 231 g/mol. The summed E-state index contributed by atoms with van der Waals surface area (Å²) in [6.07, 6.45) is 0.209. The second-order valence-corrected chi connectivity index (χ2v) is 5.27. The number of hydrogen-bond donors (Lipinski definition) is 1. The van der Waals surface area contributed by atoms with Gasteiger partial charge in [-0.2, -0.15) is 10.1 Å². The SMILES string of the molecule is CC(C)(C)c1ccc(N2N=C(N)CC2=O)cc1. The molecular weight excluding hydrogens is 214 g/mol. The van der Waals surface area contributed by atoms with Gasteiger partial charge in [-0.3, -0.25) is 4.79 Å². The van der Waals surface area contributed by atoms with E-state index in [0.29, 0.717) is 5.84 Å². The van der Waals surface area contributed by atoms with Gasteiger partial charge in [0.25, 0.3) is 5.91 Å². The summed E-state index contributed by atoms with van der Waals surface area (Å²) in [6, 6.07) is 7.85. The molecule has 0 saturated carbocycles. The van der Waals surface area contributed by atoms with Crippen molar-refractivity contribution < 1.29 is 4.79 Å². The molecule has 2 rings (SSSR count). The Hall–Kier alpha value is -1.84. The lowest BCUT2D eigenvalue weighted by molar-refractivity contribution is -0.116. The average molecular weight is 231 g/mol. The fraction of sp³-hybridized carbons (Fsp3) is 0.385. The summed E-state index contributed by atoms with van der Waals surface area (Å²) in [5.41, 5.74) is 7.64. The van der Waals surface area contributed by atoms with Gasteiger partial charge >= 0.3 is 0 Å². The molecule has 0 spiro atoms. The fourth-order valence-electron chi connectivity index (χ4n) is 1.75. The molecule has 0 atom stereocenters. The van der Waals surface area contributed by atoms with E-state index in [4.69, 9.17) is 5.73 Å². The van der Waals surface area contributed by atoms with Crippen molar-refractivity contribution >= 4 is 17.4 Å². The molecule has 0 aliphatic carbocycles. The maximum atomic E-state index is 11.6. The Bertz CT molecular complexity index is 468. The highest BCUT2D eigenvalue weighted by atomic mass is 16.2. The summed E-state index contributed by atoms with van der Waals surface area (Å²) in [6.45, 7) is 6.46. The van der Waals surface area contributed by atoms with Crippen molar-refractivity contribution in [3.8, 4) is 0 Å². The normalized spacial score (nSPS) is 16.3. The van der Waals surface area contributed by atoms with Crippen LogP contribution in [0.3, 0.4) is 0 Å². The Kier molecular flexibility index (Phi) is 2.65. The van der Waals surface area contributed by atoms with Crippen LogP contribution >= 0.6 is 0 Å². The molecule has 4 heteroatoms. The Balaban J connectivity index is 2.28. The van der Waals surface area contributed by atoms with Crippen molar-refractivity contribution in [3.63, 3.8) is 0 Å². The van der Waals surface area contributed by atoms with Crippen molar-refractivity contribution in [1.29, 1.82) is 0 Å². The van der Waals surface area contributed by atoms with Crippen LogP contribution in [-0.2, 0) is 10.2 Å². The smallest absolute Gasteiger partial charge is 0.255 e. The zero-order valence-electron chi connectivity index (χ0n) is 10.4. The summed E-state index contributed by atoms with van der Waals surface area (Å²) in [5.74, 6) is 0.293. The molecule has 2 N–H and O–H groups in total. The molecule has 1 aromatic rings. The van der Waals surface area contributed by atoms with Crippen LogP contribution in [0.1, 0.15) is 32.8 Å². The number of hydrogen-bond acceptors (Lipinski definition) is 3. The third-order valence-corrected chi connectivity index (χ3v) is 2.77. The molecule has 0 unspecified atom stereocenters. The van der Waals surface area contributed by atoms with E-state index in [-0.39, 0.29) is 17.7 Å². The number of nitrogens with two attached hydrogens (primary N) is 1. The van der Waals surface area contributed by atoms with Gasteiger partial charge in [-0.05, 0) is 23.1 Å². The minimum Gasteiger partial charge on any atom is -0.385 e. The standard InChI is InChI=1S/C13H17N3O/c1-13(2,3)9-4-6-10(7-5-9)16-12(17)8-11(14)15-16/h4-7H,8H2,1-3H3,(H2,14,15). The fourth-order valence-corrected chi connectivity index (χ4v) is 1.75. The molecule has 17 heavy (non-hydrogen) atoms. The molecule has 1 aliphatic rings. The molecule has 0 fully saturated rings. The number of amides is 1. The van der Waals surface area contributed by atoms with Gasteiger partial charge in [0.2, 0.25) is 0 Å². The number of carbonyl (C=O) groups is 1. The molecular formula is C13H17N3O. The van der Waals surface area contributed by atoms with Crippen molar-refractivity contribution in [2.45, 2.75) is 32.6 Å². The number of carbonyl (C=O) groups excluding carboxylic acids is 1. The zero-order chi connectivity index (χ0) is 12.6. The number of hydrazone groups is 1. The Labute approximate surface area is 101 Å². The first-order chi connectivity index (χ1) is 7.88. The van der Waals surface area contributed by atoms with Gasteiger partial charge in [0.05, 0.1) is 12.1 Å². The molecule has 1 aromatic carbocycles. The highest BCUT2D eigenvalue weighted by Crippen LogP contribution is 2.26. The lowest BCUT2D eigenvalue weighted by Crippen LogP contribution is -2.20. The molecule has 1 amide bonds. The zero-order valence-corrected chi connectivity index (χ0v) is 10.4. The quantitative estimate of drug-likeness (QED) is 0.803. The molecule has 0 aromatic heterocycles. The van der Waals surface area contributed by atoms with Crippen LogP contribution in [0, 0.1) is 0 Å². The molecule has 1 aliphatic heterocycles. The molecule has 1 heterocycles. The first-order valence-corrected chi connectivity index (χ1v) is 5.64. The third kappa shape index (κ3) is 2.30. The molecule has 4 nitrogen and oxygen atoms in total. The summed E-state index contributed by atoms with van der Waals surface area (Å²) >= 11 is 0. The van der Waals surface area contributed by atoms with Gasteiger partial charge < -0.3 is 5.73 Å². The number of benzene rings is 1. The number of amidine groups is 1. The van der Waals surface area contributed by atoms with Gasteiger partial charge in [0.1, 0.15) is 5.84 Å². The van der Waals surface area contributed by atoms with E-state index >= 15 is 0 Å². The maximum Gasteiger partial charge on any atom is 0.255 e. The predicted octanol–water partition coefficient (Wildman–Crippen LogP) is 1.99. The van der Waals surface area contributed by atoms with Gasteiger partial charge in [0, 0.05) is 0 Å². The van der Waals surface area contributed by atoms with Crippen LogP contribution < -0.4 is 10.7 Å². The highest BCUT2D eigenvalue weighted by molar-refractivity contribution is 6.11. The lowest BCUT2D eigenvalue weighted by atomic mass is 9.87. The van der Waals surface area contributed by atoms with Crippen LogP contribution in [0.2, 0.25) is 0 Å². The van der Waals surface area contributed by atoms with Crippen LogP contribution in [0.5, 0.6) is 0 Å². The summed E-state index contributed by atoms with van der Waals surface area (Å²) < 4.78 is 0. The summed E-state index contributed by atoms with van der Waals surface area (Å²) in [5, 5.41) is 5.37. The van der Waals surface area contributed by atoms with Crippen LogP contribution in [-0.4, -0.2) is 11.7 Å². The van der Waals surface area contributed by atoms with E-state index in [1.807, 2.05) is 24.3 Å². The number of rotatable bonds is 1. The Morgan fingerprint density at radius 1 is 1.24 bits per heavy atom. The average Bonchev–Trinajstić information content (AvgIpc) is 2.57. The van der Waals surface area contributed by atoms with E-state index < -0.39 is 0 Å². The van der Waals surface area contributed by atoms with Crippen molar-refractivity contribution in [1.82, 2.24) is 0 Å². The van der Waals surface area contributed by atoms with E-state index in [0.717, 1.165) is 5.69 Å². The summed E-state index contributed by atoms with van der Waals surface area (Å²) in [4.78, 5) is 11.6. The van der Waals surface area contributed by atoms with Gasteiger partial charge in [-0.1, -0.05) is 32.9 Å². The molecule has 0 bridgehead atoms. The van der Waals surface area contributed by atoms with Crippen LogP contribution in [0.25, 0.3) is 0 Å². The van der Waals surface area contributed by atoms with Gasteiger partial charge in [-0.25, -0.2) is 0 Å². The minimum atomic E-state index is -0.0778. The first kappa shape index (κ1) is 11.6. The van der Waals surface area contributed by atoms with Gasteiger partial charge in [0.15, 0.2) is 0 Å². The largest absolute Gasteiger partial charge is 0.385 e. The summed E-state index contributed by atoms with van der Waals surface area (Å²) in [7, 11) is 0. The second kappa shape index (κ2) is 3.87. The van der Waals surface area contributed by atoms with Crippen LogP contribution in [0.4, 0.5) is 5.69 Å². The van der Waals surface area contributed by atoms with Crippen molar-refractivity contribution in [2.75, 3.05) is 5.01 Å². The van der Waals surface area contributed by atoms with Crippen LogP contribution in [0.15, 0.2) is 29.4 Å². The van der Waals surface area contributed by atoms with Gasteiger partial charge in [-0.15, -0.1) is 0 Å². The number of nitrogens with zero attached hydrogens (tertiary/aromatic N) is 2. The Morgan fingerprint density at radius 3 is 2.24 bits per heavy atom. The predicted molar refractivity (Wildman–Crippen MR) is 68.9 cm³/mol.